The van der Waals surface area contributed by atoms with E-state index < -0.39 is 0 Å². The van der Waals surface area contributed by atoms with Crippen LogP contribution in [0.15, 0.2) is 53.5 Å². The fourth-order valence-electron chi connectivity index (χ4n) is 3.88. The van der Waals surface area contributed by atoms with Gasteiger partial charge >= 0.3 is 0 Å². The highest BCUT2D eigenvalue weighted by molar-refractivity contribution is 8.13. The second-order valence-corrected chi connectivity index (χ2v) is 9.02. The molecule has 0 radical (unpaired) electrons. The van der Waals surface area contributed by atoms with Crippen molar-refractivity contribution in [3.05, 3.63) is 59.7 Å². The summed E-state index contributed by atoms with van der Waals surface area (Å²) in [7, 11) is 0. The number of hydrogen-bond donors (Lipinski definition) is 0. The van der Waals surface area contributed by atoms with Gasteiger partial charge in [-0.3, -0.25) is 14.5 Å². The van der Waals surface area contributed by atoms with Gasteiger partial charge in [0.25, 0.3) is 5.91 Å². The van der Waals surface area contributed by atoms with Gasteiger partial charge in [0.15, 0.2) is 5.17 Å². The Labute approximate surface area is 182 Å². The molecule has 0 N–H and O–H groups in total. The average Bonchev–Trinajstić information content (AvgIpc) is 3.20. The van der Waals surface area contributed by atoms with Crippen LogP contribution in [0.1, 0.15) is 54.9 Å². The van der Waals surface area contributed by atoms with Crippen LogP contribution in [0.5, 0.6) is 0 Å². The van der Waals surface area contributed by atoms with Crippen LogP contribution < -0.4 is 4.90 Å². The molecule has 4 rings (SSSR count). The summed E-state index contributed by atoms with van der Waals surface area (Å²) in [4.78, 5) is 33.7. The Morgan fingerprint density at radius 1 is 1.03 bits per heavy atom. The fourth-order valence-corrected chi connectivity index (χ4v) is 4.83. The zero-order valence-electron chi connectivity index (χ0n) is 17.5. The first-order valence-corrected chi connectivity index (χ1v) is 11.6. The van der Waals surface area contributed by atoms with Crippen LogP contribution in [0.3, 0.4) is 0 Å². The minimum Gasteiger partial charge on any atom is -0.312 e. The smallest absolute Gasteiger partial charge is 0.259 e. The first-order chi connectivity index (χ1) is 14.5. The second kappa shape index (κ2) is 9.04. The van der Waals surface area contributed by atoms with Crippen molar-refractivity contribution < 1.29 is 9.59 Å². The predicted molar refractivity (Wildman–Crippen MR) is 124 cm³/mol. The minimum atomic E-state index is -0.0396. The molecule has 6 heteroatoms. The van der Waals surface area contributed by atoms with E-state index in [1.54, 1.807) is 21.6 Å². The molecule has 0 atom stereocenters. The third kappa shape index (κ3) is 4.29. The first-order valence-electron chi connectivity index (χ1n) is 10.6. The molecule has 2 saturated heterocycles. The average molecular weight is 422 g/mol. The summed E-state index contributed by atoms with van der Waals surface area (Å²) in [5.74, 6) is 1.44. The van der Waals surface area contributed by atoms with Gasteiger partial charge in [0.1, 0.15) is 0 Å². The zero-order valence-corrected chi connectivity index (χ0v) is 18.3. The lowest BCUT2D eigenvalue weighted by Crippen LogP contribution is -2.39. The molecular formula is C24H27N3O2S. The molecule has 2 aliphatic rings. The highest BCUT2D eigenvalue weighted by Crippen LogP contribution is 2.30. The van der Waals surface area contributed by atoms with E-state index in [0.29, 0.717) is 24.4 Å². The molecular weight excluding hydrogens is 394 g/mol. The lowest BCUT2D eigenvalue weighted by molar-refractivity contribution is -0.117. The predicted octanol–water partition coefficient (Wildman–Crippen LogP) is 5.20. The van der Waals surface area contributed by atoms with Gasteiger partial charge in [0.2, 0.25) is 5.91 Å². The maximum atomic E-state index is 13.3. The molecule has 2 aromatic rings. The van der Waals surface area contributed by atoms with Gasteiger partial charge in [-0.2, -0.15) is 0 Å². The number of aliphatic imine (C=N–C) groups is 1. The Morgan fingerprint density at radius 3 is 2.50 bits per heavy atom. The van der Waals surface area contributed by atoms with Crippen LogP contribution in [0.25, 0.3) is 0 Å². The number of nitrogens with zero attached hydrogens (tertiary/aromatic N) is 3. The molecule has 0 unspecified atom stereocenters. The van der Waals surface area contributed by atoms with Crippen LogP contribution >= 0.6 is 11.8 Å². The zero-order chi connectivity index (χ0) is 21.1. The summed E-state index contributed by atoms with van der Waals surface area (Å²) >= 11 is 1.64. The maximum Gasteiger partial charge on any atom is 0.259 e. The van der Waals surface area contributed by atoms with Crippen molar-refractivity contribution in [2.45, 2.75) is 39.0 Å². The molecule has 2 heterocycles. The van der Waals surface area contributed by atoms with Crippen molar-refractivity contribution in [2.75, 3.05) is 23.7 Å². The highest BCUT2D eigenvalue weighted by Gasteiger charge is 2.26. The largest absolute Gasteiger partial charge is 0.312 e. The van der Waals surface area contributed by atoms with Crippen LogP contribution in [-0.2, 0) is 4.79 Å². The van der Waals surface area contributed by atoms with Gasteiger partial charge in [-0.05, 0) is 54.7 Å². The summed E-state index contributed by atoms with van der Waals surface area (Å²) in [6.07, 6.45) is 2.44. The van der Waals surface area contributed by atoms with Crippen LogP contribution in [-0.4, -0.2) is 40.7 Å². The molecule has 156 valence electrons. The number of thioether (sulfide) groups is 1. The van der Waals surface area contributed by atoms with E-state index in [9.17, 15) is 9.59 Å². The van der Waals surface area contributed by atoms with Crippen molar-refractivity contribution in [1.29, 1.82) is 0 Å². The minimum absolute atomic E-state index is 0.0396. The van der Waals surface area contributed by atoms with E-state index >= 15 is 0 Å². The molecule has 2 amide bonds. The van der Waals surface area contributed by atoms with E-state index in [4.69, 9.17) is 4.99 Å². The monoisotopic (exact) mass is 421 g/mol. The number of amides is 2. The summed E-state index contributed by atoms with van der Waals surface area (Å²) in [6.45, 7) is 5.73. The van der Waals surface area contributed by atoms with Crippen LogP contribution in [0, 0.1) is 0 Å². The molecule has 0 bridgehead atoms. The van der Waals surface area contributed by atoms with Gasteiger partial charge in [-0.15, -0.1) is 0 Å². The number of rotatable bonds is 4. The maximum absolute atomic E-state index is 13.3. The normalized spacial score (nSPS) is 18.5. The van der Waals surface area contributed by atoms with E-state index in [1.807, 2.05) is 42.5 Å². The summed E-state index contributed by atoms with van der Waals surface area (Å²) < 4.78 is 0. The number of amidine groups is 1. The van der Waals surface area contributed by atoms with Crippen LogP contribution in [0.2, 0.25) is 0 Å². The number of hydrogen-bond acceptors (Lipinski definition) is 4. The summed E-state index contributed by atoms with van der Waals surface area (Å²) in [5, 5.41) is 0.762. The third-order valence-corrected chi connectivity index (χ3v) is 6.57. The van der Waals surface area contributed by atoms with Crippen molar-refractivity contribution in [1.82, 2.24) is 4.90 Å². The topological polar surface area (TPSA) is 53.0 Å². The number of anilines is 1. The van der Waals surface area contributed by atoms with Crippen molar-refractivity contribution in [2.24, 2.45) is 4.99 Å². The molecule has 2 aromatic carbocycles. The molecule has 2 fully saturated rings. The first kappa shape index (κ1) is 20.7. The quantitative estimate of drug-likeness (QED) is 0.681. The van der Waals surface area contributed by atoms with E-state index in [-0.39, 0.29) is 11.8 Å². The Hall–Kier alpha value is -2.60. The lowest BCUT2D eigenvalue weighted by Gasteiger charge is -2.28. The number of carbonyl (C=O) groups is 2. The van der Waals surface area contributed by atoms with E-state index in [1.165, 1.54) is 5.56 Å². The van der Waals surface area contributed by atoms with Crippen molar-refractivity contribution >= 4 is 40.1 Å². The second-order valence-electron chi connectivity index (χ2n) is 7.96. The molecule has 2 aliphatic heterocycles. The van der Waals surface area contributed by atoms with Crippen LogP contribution in [0.4, 0.5) is 11.4 Å². The Bertz CT molecular complexity index is 969. The summed E-state index contributed by atoms with van der Waals surface area (Å²) in [5.41, 5.74) is 3.60. The lowest BCUT2D eigenvalue weighted by atomic mass is 10.0. The molecule has 0 aromatic heterocycles. The molecule has 30 heavy (non-hydrogen) atoms. The molecule has 0 aliphatic carbocycles. The Balaban J connectivity index is 1.58. The van der Waals surface area contributed by atoms with Gasteiger partial charge in [0, 0.05) is 36.5 Å². The van der Waals surface area contributed by atoms with Crippen molar-refractivity contribution in [3.8, 4) is 0 Å². The Kier molecular flexibility index (Phi) is 6.23. The third-order valence-electron chi connectivity index (χ3n) is 5.51. The number of benzene rings is 2. The van der Waals surface area contributed by atoms with E-state index in [0.717, 1.165) is 41.7 Å². The Morgan fingerprint density at radius 2 is 1.80 bits per heavy atom. The number of carbonyl (C=O) groups excluding carboxylic acids is 2. The summed E-state index contributed by atoms with van der Waals surface area (Å²) in [6, 6.07) is 15.5. The van der Waals surface area contributed by atoms with E-state index in [2.05, 4.69) is 19.9 Å². The van der Waals surface area contributed by atoms with Gasteiger partial charge in [-0.25, -0.2) is 4.99 Å². The van der Waals surface area contributed by atoms with Gasteiger partial charge < -0.3 is 4.90 Å². The molecule has 0 saturated carbocycles. The standard InChI is InChI=1S/C24H27N3O2S/c1-17(2)20-7-3-4-8-21(20)25-24-27(15-6-16-30-24)23(29)18-10-12-19(13-11-18)26-14-5-9-22(26)28/h3-4,7-8,10-13,17H,5-6,9,14-16H2,1-2H3. The fraction of sp³-hybridized carbons (Fsp3) is 0.375. The molecule has 0 spiro atoms. The highest BCUT2D eigenvalue weighted by atomic mass is 32.2. The van der Waals surface area contributed by atoms with Gasteiger partial charge in [-0.1, -0.05) is 43.8 Å². The SMILES string of the molecule is CC(C)c1ccccc1N=C1SCCCN1C(=O)c1ccc(N2CCCC2=O)cc1. The van der Waals surface area contributed by atoms with Crippen molar-refractivity contribution in [3.63, 3.8) is 0 Å². The number of para-hydroxylation sites is 1. The molecule has 5 nitrogen and oxygen atoms in total. The van der Waals surface area contributed by atoms with Gasteiger partial charge in [0.05, 0.1) is 5.69 Å².